The lowest BCUT2D eigenvalue weighted by Crippen LogP contribution is -2.25. The average molecular weight is 376 g/mol. The molecule has 1 amide bonds. The Morgan fingerprint density at radius 2 is 2.36 bits per heavy atom. The number of carbonyl (C=O) groups excluding carboxylic acids is 1. The van der Waals surface area contributed by atoms with Crippen LogP contribution in [0.5, 0.6) is 0 Å². The number of aryl methyl sites for hydroxylation is 1. The molecule has 0 aliphatic carbocycles. The molecular weight excluding hydrogens is 354 g/mol. The predicted molar refractivity (Wildman–Crippen MR) is 101 cm³/mol. The number of aromatic nitrogens is 2. The van der Waals surface area contributed by atoms with Crippen LogP contribution < -0.4 is 5.32 Å². The van der Waals surface area contributed by atoms with Crippen molar-refractivity contribution in [2.45, 2.75) is 36.7 Å². The molecule has 1 aliphatic rings. The van der Waals surface area contributed by atoms with E-state index in [2.05, 4.69) is 28.3 Å². The van der Waals surface area contributed by atoms with Gasteiger partial charge in [-0.3, -0.25) is 4.79 Å². The molecule has 1 N–H and O–H groups in total. The summed E-state index contributed by atoms with van der Waals surface area (Å²) < 4.78 is 1.90. The molecule has 0 radical (unpaired) electrons. The lowest BCUT2D eigenvalue weighted by molar-refractivity contribution is -0.115. The van der Waals surface area contributed by atoms with Crippen LogP contribution in [0.25, 0.3) is 0 Å². The molecule has 0 fully saturated rings. The number of nitrogens with zero attached hydrogens (tertiary/aromatic N) is 4. The van der Waals surface area contributed by atoms with Crippen LogP contribution >= 0.6 is 23.1 Å². The first kappa shape index (κ1) is 18.0. The minimum Gasteiger partial charge on any atom is -0.329 e. The summed E-state index contributed by atoms with van der Waals surface area (Å²) in [6, 6.07) is 2.29. The maximum atomic E-state index is 12.7. The summed E-state index contributed by atoms with van der Waals surface area (Å²) in [5.41, 5.74) is 1.74. The maximum absolute atomic E-state index is 12.7. The summed E-state index contributed by atoms with van der Waals surface area (Å²) in [4.78, 5) is 20.4. The average Bonchev–Trinajstić information content (AvgIpc) is 3.14. The smallest absolute Gasteiger partial charge is 0.238 e. The fourth-order valence-electron chi connectivity index (χ4n) is 2.84. The van der Waals surface area contributed by atoms with Gasteiger partial charge in [-0.2, -0.15) is 5.26 Å². The first-order valence-electron chi connectivity index (χ1n) is 8.21. The number of hydrogen-bond donors (Lipinski definition) is 1. The van der Waals surface area contributed by atoms with E-state index in [4.69, 9.17) is 0 Å². The zero-order chi connectivity index (χ0) is 18.0. The van der Waals surface area contributed by atoms with E-state index in [0.717, 1.165) is 30.2 Å². The molecule has 0 saturated carbocycles. The number of nitriles is 1. The van der Waals surface area contributed by atoms with E-state index in [1.165, 1.54) is 28.0 Å². The van der Waals surface area contributed by atoms with Crippen LogP contribution in [0.1, 0.15) is 29.3 Å². The van der Waals surface area contributed by atoms with Crippen molar-refractivity contribution in [1.29, 1.82) is 5.26 Å². The second kappa shape index (κ2) is 7.60. The normalized spacial score (nSPS) is 15.4. The Labute approximate surface area is 155 Å². The number of rotatable bonds is 5. The van der Waals surface area contributed by atoms with Crippen molar-refractivity contribution >= 4 is 34.0 Å². The Morgan fingerprint density at radius 1 is 1.56 bits per heavy atom. The lowest BCUT2D eigenvalue weighted by Gasteiger charge is -2.21. The second-order valence-electron chi connectivity index (χ2n) is 6.13. The highest BCUT2D eigenvalue weighted by molar-refractivity contribution is 8.00. The molecule has 1 aliphatic heterocycles. The third kappa shape index (κ3) is 3.73. The lowest BCUT2D eigenvalue weighted by atomic mass is 10.0. The largest absolute Gasteiger partial charge is 0.329 e. The van der Waals surface area contributed by atoms with Crippen LogP contribution in [0.2, 0.25) is 0 Å². The summed E-state index contributed by atoms with van der Waals surface area (Å²) in [5, 5.41) is 13.8. The number of likely N-dealkylation sites (N-methyl/N-ethyl adjacent to an activating group) is 1. The number of anilines is 1. The molecule has 2 aromatic rings. The molecule has 132 valence electrons. The maximum Gasteiger partial charge on any atom is 0.238 e. The van der Waals surface area contributed by atoms with Crippen LogP contribution in [-0.4, -0.2) is 39.2 Å². The Bertz CT molecular complexity index is 820. The van der Waals surface area contributed by atoms with E-state index in [1.807, 2.05) is 24.7 Å². The van der Waals surface area contributed by atoms with Crippen molar-refractivity contribution in [2.75, 3.05) is 18.9 Å². The number of carbonyl (C=O) groups is 1. The van der Waals surface area contributed by atoms with E-state index in [1.54, 1.807) is 6.20 Å². The molecule has 0 saturated heterocycles. The Hall–Kier alpha value is -1.82. The highest BCUT2D eigenvalue weighted by Crippen LogP contribution is 2.37. The molecule has 2 aromatic heterocycles. The Morgan fingerprint density at radius 3 is 3.00 bits per heavy atom. The van der Waals surface area contributed by atoms with Crippen molar-refractivity contribution in [1.82, 2.24) is 14.5 Å². The van der Waals surface area contributed by atoms with Gasteiger partial charge >= 0.3 is 0 Å². The van der Waals surface area contributed by atoms with Crippen LogP contribution in [0, 0.1) is 11.3 Å². The number of thioether (sulfide) groups is 1. The molecular formula is C17H21N5OS2. The molecule has 8 heteroatoms. The van der Waals surface area contributed by atoms with Crippen molar-refractivity contribution in [3.63, 3.8) is 0 Å². The number of fused-ring (bicyclic) bond motifs is 1. The van der Waals surface area contributed by atoms with Crippen LogP contribution in [0.3, 0.4) is 0 Å². The summed E-state index contributed by atoms with van der Waals surface area (Å²) in [6.45, 7) is 3.77. The molecule has 3 rings (SSSR count). The van der Waals surface area contributed by atoms with Crippen molar-refractivity contribution in [3.8, 4) is 6.07 Å². The predicted octanol–water partition coefficient (Wildman–Crippen LogP) is 2.85. The number of imidazole rings is 1. The second-order valence-corrected chi connectivity index (χ2v) is 8.41. The monoisotopic (exact) mass is 375 g/mol. The van der Waals surface area contributed by atoms with Gasteiger partial charge < -0.3 is 14.8 Å². The van der Waals surface area contributed by atoms with Crippen LogP contribution in [0.15, 0.2) is 17.6 Å². The van der Waals surface area contributed by atoms with Gasteiger partial charge in [0, 0.05) is 37.4 Å². The summed E-state index contributed by atoms with van der Waals surface area (Å²) in [5.74, 6) is -0.0704. The van der Waals surface area contributed by atoms with Gasteiger partial charge in [-0.25, -0.2) is 4.98 Å². The summed E-state index contributed by atoms with van der Waals surface area (Å²) in [6.07, 6.45) is 5.15. The van der Waals surface area contributed by atoms with E-state index in [0.29, 0.717) is 17.0 Å². The van der Waals surface area contributed by atoms with E-state index >= 15 is 0 Å². The van der Waals surface area contributed by atoms with Crippen LogP contribution in [0.4, 0.5) is 5.00 Å². The van der Waals surface area contributed by atoms with Gasteiger partial charge in [0.05, 0.1) is 10.8 Å². The molecule has 0 bridgehead atoms. The number of nitrogens with one attached hydrogen (secondary N) is 1. The fraction of sp³-hybridized carbons (Fsp3) is 0.471. The standard InChI is InChI=1S/C17H21N5OS2/c1-4-13(25-17-19-6-8-22(17)3)15(23)20-16-12(9-18)11-5-7-21(2)10-14(11)24-16/h6,8,13H,4-5,7,10H2,1-3H3,(H,20,23). The quantitative estimate of drug-likeness (QED) is 0.814. The zero-order valence-electron chi connectivity index (χ0n) is 14.6. The molecule has 0 spiro atoms. The zero-order valence-corrected chi connectivity index (χ0v) is 16.2. The molecule has 3 heterocycles. The fourth-order valence-corrected chi connectivity index (χ4v) is 5.06. The highest BCUT2D eigenvalue weighted by Gasteiger charge is 2.26. The van der Waals surface area contributed by atoms with Gasteiger partial charge in [-0.1, -0.05) is 18.7 Å². The minimum absolute atomic E-state index is 0.0704. The first-order chi connectivity index (χ1) is 12.0. The van der Waals surface area contributed by atoms with Crippen molar-refractivity contribution in [3.05, 3.63) is 28.4 Å². The number of hydrogen-bond acceptors (Lipinski definition) is 6. The van der Waals surface area contributed by atoms with E-state index < -0.39 is 0 Å². The Kier molecular flexibility index (Phi) is 5.47. The molecule has 0 aromatic carbocycles. The third-order valence-electron chi connectivity index (χ3n) is 4.28. The molecule has 6 nitrogen and oxygen atoms in total. The molecule has 1 atom stereocenters. The Balaban J connectivity index is 1.78. The van der Waals surface area contributed by atoms with Gasteiger partial charge in [-0.05, 0) is 25.5 Å². The number of thiophene rings is 1. The first-order valence-corrected chi connectivity index (χ1v) is 9.91. The molecule has 1 unspecified atom stereocenters. The van der Waals surface area contributed by atoms with Crippen LogP contribution in [-0.2, 0) is 24.8 Å². The van der Waals surface area contributed by atoms with E-state index in [-0.39, 0.29) is 11.2 Å². The van der Waals surface area contributed by atoms with Gasteiger partial charge in [0.25, 0.3) is 0 Å². The summed E-state index contributed by atoms with van der Waals surface area (Å²) in [7, 11) is 3.99. The SMILES string of the molecule is CCC(Sc1nccn1C)C(=O)Nc1sc2c(c1C#N)CCN(C)C2. The van der Waals surface area contributed by atoms with Gasteiger partial charge in [-0.15, -0.1) is 11.3 Å². The van der Waals surface area contributed by atoms with Gasteiger partial charge in [0.2, 0.25) is 5.91 Å². The number of amides is 1. The highest BCUT2D eigenvalue weighted by atomic mass is 32.2. The minimum atomic E-state index is -0.241. The third-order valence-corrected chi connectivity index (χ3v) is 6.85. The molecule has 25 heavy (non-hydrogen) atoms. The summed E-state index contributed by atoms with van der Waals surface area (Å²) >= 11 is 2.98. The van der Waals surface area contributed by atoms with E-state index in [9.17, 15) is 10.1 Å². The van der Waals surface area contributed by atoms with Crippen molar-refractivity contribution in [2.24, 2.45) is 7.05 Å². The van der Waals surface area contributed by atoms with Gasteiger partial charge in [0.15, 0.2) is 5.16 Å². The topological polar surface area (TPSA) is 74.0 Å². The van der Waals surface area contributed by atoms with Gasteiger partial charge in [0.1, 0.15) is 11.1 Å². The van der Waals surface area contributed by atoms with Crippen molar-refractivity contribution < 1.29 is 4.79 Å².